The summed E-state index contributed by atoms with van der Waals surface area (Å²) in [5.74, 6) is 1.68. The zero-order valence-electron chi connectivity index (χ0n) is 10.6. The molecule has 0 aromatic rings. The normalized spacial score (nSPS) is 20.8. The van der Waals surface area contributed by atoms with Crippen molar-refractivity contribution < 1.29 is 4.74 Å². The van der Waals surface area contributed by atoms with Gasteiger partial charge in [-0.3, -0.25) is 0 Å². The monoisotopic (exact) mass is 213 g/mol. The fraction of sp³-hybridized carbons (Fsp3) is 1.00. The number of nitrogens with one attached hydrogen (secondary N) is 1. The van der Waals surface area contributed by atoms with Crippen molar-refractivity contribution in [3.63, 3.8) is 0 Å². The molecule has 0 aromatic heterocycles. The SMILES string of the molecule is CCC(CC)CNC(C)C1CCOCC1. The lowest BCUT2D eigenvalue weighted by molar-refractivity contribution is 0.0554. The quantitative estimate of drug-likeness (QED) is 0.732. The lowest BCUT2D eigenvalue weighted by atomic mass is 9.92. The average Bonchev–Trinajstić information content (AvgIpc) is 2.31. The first-order valence-electron chi connectivity index (χ1n) is 6.59. The van der Waals surface area contributed by atoms with Gasteiger partial charge in [-0.2, -0.15) is 0 Å². The summed E-state index contributed by atoms with van der Waals surface area (Å²) in [6.45, 7) is 10.0. The van der Waals surface area contributed by atoms with Crippen molar-refractivity contribution in [2.45, 2.75) is 52.5 Å². The molecule has 1 N–H and O–H groups in total. The topological polar surface area (TPSA) is 21.3 Å². The Balaban J connectivity index is 2.18. The van der Waals surface area contributed by atoms with E-state index in [1.54, 1.807) is 0 Å². The third-order valence-electron chi connectivity index (χ3n) is 3.86. The van der Waals surface area contributed by atoms with Gasteiger partial charge in [-0.05, 0) is 38.1 Å². The van der Waals surface area contributed by atoms with E-state index in [1.165, 1.54) is 32.2 Å². The van der Waals surface area contributed by atoms with Gasteiger partial charge in [-0.25, -0.2) is 0 Å². The fourth-order valence-electron chi connectivity index (χ4n) is 2.31. The largest absolute Gasteiger partial charge is 0.381 e. The molecule has 0 bridgehead atoms. The molecule has 90 valence electrons. The molecule has 1 fully saturated rings. The Morgan fingerprint density at radius 3 is 2.33 bits per heavy atom. The number of ether oxygens (including phenoxy) is 1. The first-order chi connectivity index (χ1) is 7.27. The van der Waals surface area contributed by atoms with Crippen molar-refractivity contribution in [3.05, 3.63) is 0 Å². The summed E-state index contributed by atoms with van der Waals surface area (Å²) >= 11 is 0. The van der Waals surface area contributed by atoms with E-state index in [2.05, 4.69) is 26.1 Å². The molecule has 15 heavy (non-hydrogen) atoms. The lowest BCUT2D eigenvalue weighted by Crippen LogP contribution is -2.39. The Morgan fingerprint density at radius 1 is 1.20 bits per heavy atom. The molecule has 1 aliphatic rings. The third-order valence-corrected chi connectivity index (χ3v) is 3.86. The van der Waals surface area contributed by atoms with Crippen molar-refractivity contribution in [2.75, 3.05) is 19.8 Å². The van der Waals surface area contributed by atoms with E-state index >= 15 is 0 Å². The second-order valence-electron chi connectivity index (χ2n) is 4.83. The Bertz CT molecular complexity index is 151. The van der Waals surface area contributed by atoms with Crippen molar-refractivity contribution in [2.24, 2.45) is 11.8 Å². The summed E-state index contributed by atoms with van der Waals surface area (Å²) in [4.78, 5) is 0. The molecule has 0 amide bonds. The van der Waals surface area contributed by atoms with Gasteiger partial charge in [0.15, 0.2) is 0 Å². The minimum absolute atomic E-state index is 0.662. The predicted molar refractivity (Wildman–Crippen MR) is 65.1 cm³/mol. The van der Waals surface area contributed by atoms with Crippen molar-refractivity contribution in [3.8, 4) is 0 Å². The van der Waals surface area contributed by atoms with Crippen LogP contribution in [0.2, 0.25) is 0 Å². The van der Waals surface area contributed by atoms with E-state index in [4.69, 9.17) is 4.74 Å². The third kappa shape index (κ3) is 4.52. The summed E-state index contributed by atoms with van der Waals surface area (Å²) in [5.41, 5.74) is 0. The lowest BCUT2D eigenvalue weighted by Gasteiger charge is -2.29. The highest BCUT2D eigenvalue weighted by molar-refractivity contribution is 4.75. The molecule has 1 heterocycles. The molecule has 1 atom stereocenters. The molecule has 1 aliphatic heterocycles. The van der Waals surface area contributed by atoms with E-state index in [0.717, 1.165) is 25.0 Å². The first kappa shape index (κ1) is 13.0. The van der Waals surface area contributed by atoms with Crippen LogP contribution in [0.3, 0.4) is 0 Å². The molecule has 0 aliphatic carbocycles. The Hall–Kier alpha value is -0.0800. The van der Waals surface area contributed by atoms with Crippen LogP contribution in [0, 0.1) is 11.8 Å². The summed E-state index contributed by atoms with van der Waals surface area (Å²) in [7, 11) is 0. The second-order valence-corrected chi connectivity index (χ2v) is 4.83. The number of hydrogen-bond acceptors (Lipinski definition) is 2. The van der Waals surface area contributed by atoms with Gasteiger partial charge < -0.3 is 10.1 Å². The van der Waals surface area contributed by atoms with Gasteiger partial charge in [-0.15, -0.1) is 0 Å². The fourth-order valence-corrected chi connectivity index (χ4v) is 2.31. The Morgan fingerprint density at radius 2 is 1.80 bits per heavy atom. The zero-order chi connectivity index (χ0) is 11.1. The Kier molecular flexibility index (Phi) is 6.26. The Labute approximate surface area is 94.8 Å². The molecular weight excluding hydrogens is 186 g/mol. The van der Waals surface area contributed by atoms with E-state index < -0.39 is 0 Å². The summed E-state index contributed by atoms with van der Waals surface area (Å²) in [6, 6.07) is 0.662. The molecule has 0 saturated carbocycles. The van der Waals surface area contributed by atoms with E-state index in [9.17, 15) is 0 Å². The van der Waals surface area contributed by atoms with Gasteiger partial charge in [0.25, 0.3) is 0 Å². The van der Waals surface area contributed by atoms with Gasteiger partial charge in [-0.1, -0.05) is 26.7 Å². The van der Waals surface area contributed by atoms with E-state index in [-0.39, 0.29) is 0 Å². The predicted octanol–water partition coefficient (Wildman–Crippen LogP) is 2.83. The van der Waals surface area contributed by atoms with Gasteiger partial charge in [0, 0.05) is 19.3 Å². The zero-order valence-corrected chi connectivity index (χ0v) is 10.6. The molecular formula is C13H27NO. The van der Waals surface area contributed by atoms with Crippen LogP contribution in [-0.2, 0) is 4.74 Å². The van der Waals surface area contributed by atoms with E-state index in [0.29, 0.717) is 6.04 Å². The standard InChI is InChI=1S/C13H27NO/c1-4-12(5-2)10-14-11(3)13-6-8-15-9-7-13/h11-14H,4-10H2,1-3H3. The molecule has 0 spiro atoms. The van der Waals surface area contributed by atoms with Gasteiger partial charge in [0.2, 0.25) is 0 Å². The molecule has 0 radical (unpaired) electrons. The van der Waals surface area contributed by atoms with Crippen LogP contribution in [0.4, 0.5) is 0 Å². The second kappa shape index (κ2) is 7.24. The van der Waals surface area contributed by atoms with Crippen molar-refractivity contribution in [1.82, 2.24) is 5.32 Å². The highest BCUT2D eigenvalue weighted by Gasteiger charge is 2.20. The van der Waals surface area contributed by atoms with Crippen LogP contribution in [0.1, 0.15) is 46.5 Å². The van der Waals surface area contributed by atoms with Crippen LogP contribution >= 0.6 is 0 Å². The highest BCUT2D eigenvalue weighted by atomic mass is 16.5. The van der Waals surface area contributed by atoms with Crippen molar-refractivity contribution >= 4 is 0 Å². The van der Waals surface area contributed by atoms with Crippen LogP contribution in [0.15, 0.2) is 0 Å². The maximum absolute atomic E-state index is 5.39. The molecule has 1 rings (SSSR count). The molecule has 2 nitrogen and oxygen atoms in total. The average molecular weight is 213 g/mol. The number of hydrogen-bond donors (Lipinski definition) is 1. The van der Waals surface area contributed by atoms with Crippen LogP contribution in [0.5, 0.6) is 0 Å². The minimum atomic E-state index is 0.662. The first-order valence-corrected chi connectivity index (χ1v) is 6.59. The van der Waals surface area contributed by atoms with Crippen LogP contribution < -0.4 is 5.32 Å². The minimum Gasteiger partial charge on any atom is -0.381 e. The number of rotatable bonds is 6. The highest BCUT2D eigenvalue weighted by Crippen LogP contribution is 2.19. The smallest absolute Gasteiger partial charge is 0.0469 e. The maximum Gasteiger partial charge on any atom is 0.0469 e. The molecule has 1 saturated heterocycles. The maximum atomic E-state index is 5.39. The summed E-state index contributed by atoms with van der Waals surface area (Å²) in [5, 5.41) is 3.70. The van der Waals surface area contributed by atoms with Crippen molar-refractivity contribution in [1.29, 1.82) is 0 Å². The van der Waals surface area contributed by atoms with Gasteiger partial charge >= 0.3 is 0 Å². The molecule has 0 aromatic carbocycles. The van der Waals surface area contributed by atoms with Crippen LogP contribution in [-0.4, -0.2) is 25.8 Å². The van der Waals surface area contributed by atoms with Crippen LogP contribution in [0.25, 0.3) is 0 Å². The van der Waals surface area contributed by atoms with Gasteiger partial charge in [0.1, 0.15) is 0 Å². The summed E-state index contributed by atoms with van der Waals surface area (Å²) in [6.07, 6.45) is 5.06. The van der Waals surface area contributed by atoms with E-state index in [1.807, 2.05) is 0 Å². The molecule has 2 heteroatoms. The molecule has 1 unspecified atom stereocenters. The van der Waals surface area contributed by atoms with Gasteiger partial charge in [0.05, 0.1) is 0 Å². The summed E-state index contributed by atoms with van der Waals surface area (Å²) < 4.78 is 5.39.